The number of benzene rings is 2. The van der Waals surface area contributed by atoms with E-state index in [0.29, 0.717) is 10.6 Å². The molecule has 1 unspecified atom stereocenters. The van der Waals surface area contributed by atoms with Crippen LogP contribution in [0.1, 0.15) is 35.2 Å². The summed E-state index contributed by atoms with van der Waals surface area (Å²) in [6.07, 6.45) is 6.30. The van der Waals surface area contributed by atoms with Crippen LogP contribution in [-0.4, -0.2) is 18.7 Å². The van der Waals surface area contributed by atoms with Gasteiger partial charge in [0.15, 0.2) is 12.1 Å². The van der Waals surface area contributed by atoms with Gasteiger partial charge in [0, 0.05) is 17.0 Å². The maximum absolute atomic E-state index is 12.1. The number of ketones is 1. The van der Waals surface area contributed by atoms with E-state index in [1.165, 1.54) is 0 Å². The molecule has 1 aliphatic rings. The van der Waals surface area contributed by atoms with Crippen LogP contribution in [0.25, 0.3) is 6.08 Å². The number of hydrogen-bond donors (Lipinski definition) is 0. The van der Waals surface area contributed by atoms with Crippen LogP contribution >= 0.6 is 11.6 Å². The molecule has 124 valence electrons. The molecular weight excluding hydrogens is 324 g/mol. The van der Waals surface area contributed by atoms with Gasteiger partial charge < -0.3 is 9.47 Å². The van der Waals surface area contributed by atoms with E-state index < -0.39 is 0 Å². The van der Waals surface area contributed by atoms with E-state index in [1.807, 2.05) is 24.3 Å². The highest BCUT2D eigenvalue weighted by Gasteiger charge is 2.15. The Morgan fingerprint density at radius 2 is 2.00 bits per heavy atom. The summed E-state index contributed by atoms with van der Waals surface area (Å²) in [5.74, 6) is 0.691. The lowest BCUT2D eigenvalue weighted by Crippen LogP contribution is -2.24. The lowest BCUT2D eigenvalue weighted by Gasteiger charge is -2.23. The van der Waals surface area contributed by atoms with Crippen LogP contribution in [0.3, 0.4) is 0 Å². The predicted octanol–water partition coefficient (Wildman–Crippen LogP) is 5.14. The quantitative estimate of drug-likeness (QED) is 0.557. The first-order chi connectivity index (χ1) is 11.7. The molecule has 1 atom stereocenters. The SMILES string of the molecule is O=C(/C=C/c1cccc(OC2CCCCO2)c1)c1ccc(Cl)cc1. The van der Waals surface area contributed by atoms with Gasteiger partial charge in [-0.2, -0.15) is 0 Å². The van der Waals surface area contributed by atoms with Gasteiger partial charge in [-0.25, -0.2) is 0 Å². The first kappa shape index (κ1) is 16.7. The molecule has 3 rings (SSSR count). The Kier molecular flexibility index (Phi) is 5.68. The van der Waals surface area contributed by atoms with Crippen LogP contribution in [0.5, 0.6) is 5.75 Å². The molecule has 0 amide bonds. The largest absolute Gasteiger partial charge is 0.465 e. The molecule has 0 saturated carbocycles. The molecule has 0 bridgehead atoms. The first-order valence-corrected chi connectivity index (χ1v) is 8.45. The van der Waals surface area contributed by atoms with Crippen molar-refractivity contribution in [1.29, 1.82) is 0 Å². The lowest BCUT2D eigenvalue weighted by atomic mass is 10.1. The molecule has 0 N–H and O–H groups in total. The van der Waals surface area contributed by atoms with Gasteiger partial charge in [0.1, 0.15) is 5.75 Å². The molecule has 1 fully saturated rings. The van der Waals surface area contributed by atoms with Gasteiger partial charge in [-0.05, 0) is 60.9 Å². The van der Waals surface area contributed by atoms with E-state index in [2.05, 4.69) is 0 Å². The fourth-order valence-corrected chi connectivity index (χ4v) is 2.66. The predicted molar refractivity (Wildman–Crippen MR) is 95.5 cm³/mol. The maximum Gasteiger partial charge on any atom is 0.199 e. The van der Waals surface area contributed by atoms with Gasteiger partial charge >= 0.3 is 0 Å². The van der Waals surface area contributed by atoms with Gasteiger partial charge in [-0.15, -0.1) is 0 Å². The Hall–Kier alpha value is -2.10. The van der Waals surface area contributed by atoms with Crippen molar-refractivity contribution in [3.05, 3.63) is 70.8 Å². The molecule has 1 aliphatic heterocycles. The summed E-state index contributed by atoms with van der Waals surface area (Å²) in [6.45, 7) is 0.750. The molecule has 0 spiro atoms. The summed E-state index contributed by atoms with van der Waals surface area (Å²) < 4.78 is 11.4. The highest BCUT2D eigenvalue weighted by Crippen LogP contribution is 2.21. The molecular formula is C20H19ClO3. The third-order valence-corrected chi connectivity index (χ3v) is 4.07. The number of ether oxygens (including phenoxy) is 2. The van der Waals surface area contributed by atoms with Gasteiger partial charge in [-0.1, -0.05) is 29.8 Å². The van der Waals surface area contributed by atoms with E-state index in [9.17, 15) is 4.79 Å². The average Bonchev–Trinajstić information content (AvgIpc) is 2.61. The average molecular weight is 343 g/mol. The normalized spacial score (nSPS) is 17.8. The van der Waals surface area contributed by atoms with Crippen molar-refractivity contribution in [2.24, 2.45) is 0 Å². The lowest BCUT2D eigenvalue weighted by molar-refractivity contribution is -0.105. The van der Waals surface area contributed by atoms with Crippen molar-refractivity contribution in [2.45, 2.75) is 25.6 Å². The monoisotopic (exact) mass is 342 g/mol. The zero-order valence-corrected chi connectivity index (χ0v) is 14.0. The van der Waals surface area contributed by atoms with Gasteiger partial charge in [0.2, 0.25) is 0 Å². The summed E-state index contributed by atoms with van der Waals surface area (Å²) in [5.41, 5.74) is 1.52. The minimum Gasteiger partial charge on any atom is -0.465 e. The van der Waals surface area contributed by atoms with E-state index >= 15 is 0 Å². The minimum absolute atomic E-state index is 0.0615. The Morgan fingerprint density at radius 1 is 1.17 bits per heavy atom. The highest BCUT2D eigenvalue weighted by atomic mass is 35.5. The minimum atomic E-state index is -0.173. The summed E-state index contributed by atoms with van der Waals surface area (Å²) in [6, 6.07) is 14.5. The van der Waals surface area contributed by atoms with Crippen LogP contribution in [0.2, 0.25) is 5.02 Å². The highest BCUT2D eigenvalue weighted by molar-refractivity contribution is 6.30. The number of rotatable bonds is 5. The maximum atomic E-state index is 12.1. The Labute approximate surface area is 146 Å². The number of carbonyl (C=O) groups is 1. The summed E-state index contributed by atoms with van der Waals surface area (Å²) in [4.78, 5) is 12.1. The molecule has 0 aliphatic carbocycles. The Morgan fingerprint density at radius 3 is 2.75 bits per heavy atom. The van der Waals surface area contributed by atoms with Crippen molar-refractivity contribution >= 4 is 23.5 Å². The number of halogens is 1. The van der Waals surface area contributed by atoms with Gasteiger partial charge in [-0.3, -0.25) is 4.79 Å². The molecule has 1 heterocycles. The number of hydrogen-bond acceptors (Lipinski definition) is 3. The smallest absolute Gasteiger partial charge is 0.199 e. The fraction of sp³-hybridized carbons (Fsp3) is 0.250. The first-order valence-electron chi connectivity index (χ1n) is 8.07. The zero-order valence-electron chi connectivity index (χ0n) is 13.3. The molecule has 24 heavy (non-hydrogen) atoms. The van der Waals surface area contributed by atoms with E-state index in [-0.39, 0.29) is 12.1 Å². The van der Waals surface area contributed by atoms with Crippen molar-refractivity contribution in [3.8, 4) is 5.75 Å². The molecule has 0 aromatic heterocycles. The molecule has 2 aromatic rings. The van der Waals surface area contributed by atoms with Gasteiger partial charge in [0.25, 0.3) is 0 Å². The van der Waals surface area contributed by atoms with E-state index in [1.54, 1.807) is 36.4 Å². The van der Waals surface area contributed by atoms with Crippen LogP contribution in [0, 0.1) is 0 Å². The second-order valence-corrected chi connectivity index (χ2v) is 6.13. The third-order valence-electron chi connectivity index (χ3n) is 3.82. The Balaban J connectivity index is 1.65. The van der Waals surface area contributed by atoms with Crippen molar-refractivity contribution in [3.63, 3.8) is 0 Å². The summed E-state index contributed by atoms with van der Waals surface area (Å²) >= 11 is 5.83. The molecule has 4 heteroatoms. The topological polar surface area (TPSA) is 35.5 Å². The van der Waals surface area contributed by atoms with Crippen LogP contribution in [0.4, 0.5) is 0 Å². The zero-order chi connectivity index (χ0) is 16.8. The second-order valence-electron chi connectivity index (χ2n) is 5.69. The fourth-order valence-electron chi connectivity index (χ4n) is 2.53. The molecule has 2 aromatic carbocycles. The van der Waals surface area contributed by atoms with E-state index in [4.69, 9.17) is 21.1 Å². The van der Waals surface area contributed by atoms with Crippen molar-refractivity contribution < 1.29 is 14.3 Å². The Bertz CT molecular complexity index is 716. The number of allylic oxidation sites excluding steroid dienone is 1. The van der Waals surface area contributed by atoms with Crippen LogP contribution in [0.15, 0.2) is 54.6 Å². The van der Waals surface area contributed by atoms with Crippen molar-refractivity contribution in [1.82, 2.24) is 0 Å². The molecule has 1 saturated heterocycles. The van der Waals surface area contributed by atoms with Gasteiger partial charge in [0.05, 0.1) is 6.61 Å². The summed E-state index contributed by atoms with van der Waals surface area (Å²) in [7, 11) is 0. The van der Waals surface area contributed by atoms with Crippen LogP contribution in [-0.2, 0) is 4.74 Å². The standard InChI is InChI=1S/C20H19ClO3/c21-17-10-8-16(9-11-17)19(22)12-7-15-4-3-5-18(14-15)24-20-6-1-2-13-23-20/h3-5,7-12,14,20H,1-2,6,13H2/b12-7+. The third kappa shape index (κ3) is 4.70. The summed E-state index contributed by atoms with van der Waals surface area (Å²) in [5, 5.41) is 0.616. The van der Waals surface area contributed by atoms with E-state index in [0.717, 1.165) is 37.2 Å². The molecule has 0 radical (unpaired) electrons. The number of carbonyl (C=O) groups excluding carboxylic acids is 1. The molecule has 3 nitrogen and oxygen atoms in total. The second kappa shape index (κ2) is 8.13. The van der Waals surface area contributed by atoms with Crippen LogP contribution < -0.4 is 4.74 Å². The van der Waals surface area contributed by atoms with Crippen molar-refractivity contribution in [2.75, 3.05) is 6.61 Å².